The molecule has 0 unspecified atom stereocenters. The third-order valence-corrected chi connectivity index (χ3v) is 3.16. The standard InChI is InChI=1S/C14H21N3O3/c1-4-12(10-5-7-11(20-3)8-6-10)16-9(2)13(18)17-14(15)19/h5-9,12,16H,4H2,1-3H3,(H3,15,17,18,19)/p+1/t9-,12-/m1/s1. The zero-order valence-electron chi connectivity index (χ0n) is 12.1. The molecule has 0 bridgehead atoms. The Kier molecular flexibility index (Phi) is 5.99. The first-order valence-corrected chi connectivity index (χ1v) is 6.57. The highest BCUT2D eigenvalue weighted by atomic mass is 16.5. The van der Waals surface area contributed by atoms with Crippen LogP contribution in [-0.4, -0.2) is 25.1 Å². The van der Waals surface area contributed by atoms with Crippen LogP contribution in [-0.2, 0) is 4.79 Å². The maximum atomic E-state index is 11.7. The van der Waals surface area contributed by atoms with Crippen molar-refractivity contribution in [2.45, 2.75) is 32.4 Å². The normalized spacial score (nSPS) is 13.3. The van der Waals surface area contributed by atoms with Crippen molar-refractivity contribution in [3.05, 3.63) is 29.8 Å². The second-order valence-electron chi connectivity index (χ2n) is 4.62. The summed E-state index contributed by atoms with van der Waals surface area (Å²) in [6.45, 7) is 3.79. The summed E-state index contributed by atoms with van der Waals surface area (Å²) in [6.07, 6.45) is 0.862. The maximum Gasteiger partial charge on any atom is 0.319 e. The minimum absolute atomic E-state index is 0.134. The van der Waals surface area contributed by atoms with Crippen LogP contribution in [0.3, 0.4) is 0 Å². The number of methoxy groups -OCH3 is 1. The fourth-order valence-corrected chi connectivity index (χ4v) is 2.01. The van der Waals surface area contributed by atoms with Crippen molar-refractivity contribution in [3.63, 3.8) is 0 Å². The maximum absolute atomic E-state index is 11.7. The summed E-state index contributed by atoms with van der Waals surface area (Å²) in [5, 5.41) is 4.01. The van der Waals surface area contributed by atoms with Gasteiger partial charge in [0.15, 0.2) is 6.04 Å². The van der Waals surface area contributed by atoms with Gasteiger partial charge in [-0.1, -0.05) is 6.92 Å². The molecule has 0 saturated heterocycles. The zero-order valence-corrected chi connectivity index (χ0v) is 12.1. The van der Waals surface area contributed by atoms with E-state index in [1.54, 1.807) is 14.0 Å². The number of nitrogens with one attached hydrogen (secondary N) is 1. The number of imide groups is 1. The van der Waals surface area contributed by atoms with E-state index >= 15 is 0 Å². The van der Waals surface area contributed by atoms with Crippen LogP contribution in [0.15, 0.2) is 24.3 Å². The Balaban J connectivity index is 2.70. The minimum Gasteiger partial charge on any atom is -0.497 e. The molecule has 0 spiro atoms. The third-order valence-electron chi connectivity index (χ3n) is 3.16. The Morgan fingerprint density at radius 1 is 1.35 bits per heavy atom. The van der Waals surface area contributed by atoms with Crippen LogP contribution < -0.4 is 21.1 Å². The number of amides is 3. The third kappa shape index (κ3) is 4.55. The van der Waals surface area contributed by atoms with E-state index in [0.29, 0.717) is 0 Å². The van der Waals surface area contributed by atoms with E-state index in [-0.39, 0.29) is 11.9 Å². The molecule has 6 nitrogen and oxygen atoms in total. The van der Waals surface area contributed by atoms with Gasteiger partial charge in [0.25, 0.3) is 5.91 Å². The van der Waals surface area contributed by atoms with Crippen molar-refractivity contribution in [2.75, 3.05) is 7.11 Å². The number of carbonyl (C=O) groups excluding carboxylic acids is 2. The van der Waals surface area contributed by atoms with Gasteiger partial charge in [0.1, 0.15) is 11.8 Å². The lowest BCUT2D eigenvalue weighted by molar-refractivity contribution is -0.713. The number of nitrogens with two attached hydrogens (primary N) is 2. The summed E-state index contributed by atoms with van der Waals surface area (Å²) >= 11 is 0. The summed E-state index contributed by atoms with van der Waals surface area (Å²) in [5.41, 5.74) is 6.04. The van der Waals surface area contributed by atoms with Crippen LogP contribution in [0.5, 0.6) is 5.75 Å². The summed E-state index contributed by atoms with van der Waals surface area (Å²) in [7, 11) is 1.62. The monoisotopic (exact) mass is 280 g/mol. The number of quaternary nitrogens is 1. The summed E-state index contributed by atoms with van der Waals surface area (Å²) in [6, 6.07) is 6.64. The van der Waals surface area contributed by atoms with Crippen molar-refractivity contribution < 1.29 is 19.6 Å². The smallest absolute Gasteiger partial charge is 0.319 e. The molecule has 0 aromatic heterocycles. The highest BCUT2D eigenvalue weighted by Crippen LogP contribution is 2.17. The average molecular weight is 280 g/mol. The fraction of sp³-hybridized carbons (Fsp3) is 0.429. The summed E-state index contributed by atoms with van der Waals surface area (Å²) < 4.78 is 5.12. The zero-order chi connectivity index (χ0) is 15.1. The van der Waals surface area contributed by atoms with E-state index in [1.165, 1.54) is 0 Å². The molecule has 0 heterocycles. The van der Waals surface area contributed by atoms with Crippen LogP contribution in [0.25, 0.3) is 0 Å². The van der Waals surface area contributed by atoms with Gasteiger partial charge in [-0.2, -0.15) is 0 Å². The molecular weight excluding hydrogens is 258 g/mol. The molecule has 0 aliphatic rings. The second kappa shape index (κ2) is 7.49. The molecule has 0 aliphatic carbocycles. The van der Waals surface area contributed by atoms with E-state index in [0.717, 1.165) is 17.7 Å². The number of hydrogen-bond acceptors (Lipinski definition) is 3. The van der Waals surface area contributed by atoms with Gasteiger partial charge in [-0.3, -0.25) is 10.1 Å². The number of hydrogen-bond donors (Lipinski definition) is 3. The Hall–Kier alpha value is -2.08. The van der Waals surface area contributed by atoms with Gasteiger partial charge < -0.3 is 15.8 Å². The van der Waals surface area contributed by atoms with Gasteiger partial charge in [0.05, 0.1) is 7.11 Å². The van der Waals surface area contributed by atoms with E-state index in [2.05, 4.69) is 5.32 Å². The molecule has 20 heavy (non-hydrogen) atoms. The molecule has 0 radical (unpaired) electrons. The Bertz CT molecular complexity index is 459. The Labute approximate surface area is 118 Å². The van der Waals surface area contributed by atoms with Gasteiger partial charge in [-0.25, -0.2) is 4.79 Å². The molecular formula is C14H22N3O3+. The molecule has 1 aromatic carbocycles. The minimum atomic E-state index is -0.826. The van der Waals surface area contributed by atoms with Crippen LogP contribution in [0, 0.1) is 0 Å². The fourth-order valence-electron chi connectivity index (χ4n) is 2.01. The van der Waals surface area contributed by atoms with Gasteiger partial charge >= 0.3 is 6.03 Å². The molecule has 1 rings (SSSR count). The van der Waals surface area contributed by atoms with Gasteiger partial charge in [0, 0.05) is 12.0 Å². The summed E-state index contributed by atoms with van der Waals surface area (Å²) in [4.78, 5) is 22.3. The highest BCUT2D eigenvalue weighted by molar-refractivity contribution is 5.95. The first-order chi connectivity index (χ1) is 9.47. The molecule has 3 amide bonds. The Morgan fingerprint density at radius 2 is 1.95 bits per heavy atom. The van der Waals surface area contributed by atoms with Crippen molar-refractivity contribution in [1.82, 2.24) is 5.32 Å². The molecule has 0 saturated carbocycles. The number of primary amides is 1. The SMILES string of the molecule is CC[C@@H]([NH2+][C@H](C)C(=O)NC(N)=O)c1ccc(OC)cc1. The van der Waals surface area contributed by atoms with E-state index in [9.17, 15) is 9.59 Å². The lowest BCUT2D eigenvalue weighted by Gasteiger charge is -2.18. The van der Waals surface area contributed by atoms with Crippen molar-refractivity contribution in [3.8, 4) is 5.75 Å². The number of carbonyl (C=O) groups is 2. The van der Waals surface area contributed by atoms with Crippen LogP contribution >= 0.6 is 0 Å². The lowest BCUT2D eigenvalue weighted by atomic mass is 10.0. The van der Waals surface area contributed by atoms with E-state index in [1.807, 2.05) is 36.5 Å². The topological polar surface area (TPSA) is 98.0 Å². The molecule has 0 aliphatic heterocycles. The second-order valence-corrected chi connectivity index (χ2v) is 4.62. The van der Waals surface area contributed by atoms with Crippen LogP contribution in [0.4, 0.5) is 4.79 Å². The van der Waals surface area contributed by atoms with Crippen molar-refractivity contribution >= 4 is 11.9 Å². The molecule has 1 aromatic rings. The van der Waals surface area contributed by atoms with Crippen LogP contribution in [0.1, 0.15) is 31.9 Å². The quantitative estimate of drug-likeness (QED) is 0.698. The van der Waals surface area contributed by atoms with Crippen LogP contribution in [0.2, 0.25) is 0 Å². The van der Waals surface area contributed by atoms with Gasteiger partial charge in [-0.15, -0.1) is 0 Å². The predicted molar refractivity (Wildman–Crippen MR) is 75.1 cm³/mol. The van der Waals surface area contributed by atoms with E-state index in [4.69, 9.17) is 10.5 Å². The molecule has 5 N–H and O–H groups in total. The number of urea groups is 1. The summed E-state index contributed by atoms with van der Waals surface area (Å²) in [5.74, 6) is 0.410. The largest absolute Gasteiger partial charge is 0.497 e. The number of benzene rings is 1. The molecule has 2 atom stereocenters. The molecule has 0 fully saturated rings. The van der Waals surface area contributed by atoms with E-state index < -0.39 is 12.1 Å². The predicted octanol–water partition coefficient (Wildman–Crippen LogP) is 0.293. The lowest BCUT2D eigenvalue weighted by Crippen LogP contribution is -2.92. The highest BCUT2D eigenvalue weighted by Gasteiger charge is 2.22. The Morgan fingerprint density at radius 3 is 2.40 bits per heavy atom. The van der Waals surface area contributed by atoms with Crippen molar-refractivity contribution in [2.24, 2.45) is 5.73 Å². The molecule has 6 heteroatoms. The number of ether oxygens (including phenoxy) is 1. The average Bonchev–Trinajstić information content (AvgIpc) is 2.43. The van der Waals surface area contributed by atoms with Gasteiger partial charge in [0.2, 0.25) is 0 Å². The van der Waals surface area contributed by atoms with Crippen molar-refractivity contribution in [1.29, 1.82) is 0 Å². The first-order valence-electron chi connectivity index (χ1n) is 6.57. The molecule has 110 valence electrons. The van der Waals surface area contributed by atoms with Gasteiger partial charge in [-0.05, 0) is 31.2 Å². The first kappa shape index (κ1) is 16.0. The number of rotatable bonds is 6.